The van der Waals surface area contributed by atoms with Crippen LogP contribution < -0.4 is 19.1 Å². The fraction of sp³-hybridized carbons (Fsp3) is 0.227. The fourth-order valence-corrected chi connectivity index (χ4v) is 3.91. The van der Waals surface area contributed by atoms with E-state index in [4.69, 9.17) is 24.4 Å². The molecule has 0 unspecified atom stereocenters. The number of rotatable bonds is 7. The van der Waals surface area contributed by atoms with Gasteiger partial charge < -0.3 is 18.9 Å². The summed E-state index contributed by atoms with van der Waals surface area (Å²) in [5.74, 6) is 0.550. The Hall–Kier alpha value is -3.46. The molecule has 0 aliphatic carbocycles. The molecule has 1 N–H and O–H groups in total. The van der Waals surface area contributed by atoms with Crippen molar-refractivity contribution in [2.75, 3.05) is 32.8 Å². The van der Waals surface area contributed by atoms with Crippen LogP contribution in [0.3, 0.4) is 0 Å². The van der Waals surface area contributed by atoms with E-state index >= 15 is 0 Å². The number of carbonyl (C=O) groups excluding carboxylic acids is 2. The number of hydrogen-bond acceptors (Lipinski definition) is 8. The molecular formula is C22H22N2O6S. The minimum absolute atomic E-state index is 0.0552. The van der Waals surface area contributed by atoms with E-state index < -0.39 is 5.97 Å². The standard InChI is InChI=1S/C22H22N2O6S/c1-5-30-21(26)13-6-9-15(10-7-13)24-20(25)17(31-22(24)23)12-14-8-11-16(27-2)19(29-4)18(14)28-3/h6-12,23H,5H2,1-4H3/b17-12-,23-22?. The van der Waals surface area contributed by atoms with Crippen LogP contribution in [0.15, 0.2) is 41.3 Å². The number of carbonyl (C=O) groups is 2. The number of nitrogens with zero attached hydrogens (tertiary/aromatic N) is 1. The Labute approximate surface area is 184 Å². The van der Waals surface area contributed by atoms with Gasteiger partial charge in [0.05, 0.1) is 44.1 Å². The molecule has 1 amide bonds. The highest BCUT2D eigenvalue weighted by molar-refractivity contribution is 8.19. The molecule has 1 fully saturated rings. The van der Waals surface area contributed by atoms with Gasteiger partial charge in [0, 0.05) is 5.56 Å². The summed E-state index contributed by atoms with van der Waals surface area (Å²) in [6, 6.07) is 9.82. The molecule has 0 radical (unpaired) electrons. The number of hydrogen-bond donors (Lipinski definition) is 1. The van der Waals surface area contributed by atoms with Crippen LogP contribution in [0.5, 0.6) is 17.2 Å². The predicted molar refractivity (Wildman–Crippen MR) is 119 cm³/mol. The van der Waals surface area contributed by atoms with Crippen LogP contribution in [0.1, 0.15) is 22.8 Å². The molecular weight excluding hydrogens is 420 g/mol. The Kier molecular flexibility index (Phi) is 6.86. The van der Waals surface area contributed by atoms with Crippen LogP contribution in [0.4, 0.5) is 5.69 Å². The first-order valence-corrected chi connectivity index (χ1v) is 10.2. The summed E-state index contributed by atoms with van der Waals surface area (Å²) in [6.07, 6.45) is 1.65. The Morgan fingerprint density at radius 2 is 1.71 bits per heavy atom. The molecule has 1 aliphatic rings. The Balaban J connectivity index is 1.92. The van der Waals surface area contributed by atoms with Gasteiger partial charge in [-0.25, -0.2) is 4.79 Å². The minimum Gasteiger partial charge on any atom is -0.493 e. The lowest BCUT2D eigenvalue weighted by atomic mass is 10.1. The van der Waals surface area contributed by atoms with E-state index in [1.807, 2.05) is 0 Å². The maximum atomic E-state index is 13.0. The van der Waals surface area contributed by atoms with Crippen LogP contribution in [-0.2, 0) is 9.53 Å². The van der Waals surface area contributed by atoms with Crippen LogP contribution >= 0.6 is 11.8 Å². The Bertz CT molecular complexity index is 1050. The van der Waals surface area contributed by atoms with Crippen LogP contribution in [0.2, 0.25) is 0 Å². The molecule has 1 aliphatic heterocycles. The summed E-state index contributed by atoms with van der Waals surface area (Å²) in [5, 5.41) is 8.33. The van der Waals surface area contributed by atoms with Gasteiger partial charge in [0.15, 0.2) is 16.7 Å². The van der Waals surface area contributed by atoms with Crippen molar-refractivity contribution in [3.8, 4) is 17.2 Å². The van der Waals surface area contributed by atoms with Crippen molar-refractivity contribution >= 4 is 40.6 Å². The molecule has 9 heteroatoms. The van der Waals surface area contributed by atoms with E-state index in [2.05, 4.69) is 0 Å². The van der Waals surface area contributed by atoms with E-state index in [9.17, 15) is 9.59 Å². The average molecular weight is 442 g/mol. The zero-order valence-electron chi connectivity index (χ0n) is 17.6. The zero-order chi connectivity index (χ0) is 22.5. The van der Waals surface area contributed by atoms with E-state index in [1.54, 1.807) is 49.4 Å². The summed E-state index contributed by atoms with van der Waals surface area (Å²) < 4.78 is 21.1. The predicted octanol–water partition coefficient (Wildman–Crippen LogP) is 3.94. The maximum Gasteiger partial charge on any atom is 0.338 e. The van der Waals surface area contributed by atoms with Crippen molar-refractivity contribution in [2.24, 2.45) is 0 Å². The molecule has 31 heavy (non-hydrogen) atoms. The normalized spacial score (nSPS) is 14.7. The molecule has 2 aromatic carbocycles. The van der Waals surface area contributed by atoms with Crippen molar-refractivity contribution in [3.63, 3.8) is 0 Å². The number of benzene rings is 2. The van der Waals surface area contributed by atoms with Crippen molar-refractivity contribution < 1.29 is 28.5 Å². The first kappa shape index (κ1) is 22.2. The van der Waals surface area contributed by atoms with Gasteiger partial charge in [-0.3, -0.25) is 15.1 Å². The second kappa shape index (κ2) is 9.57. The number of amidine groups is 1. The Morgan fingerprint density at radius 3 is 2.29 bits per heavy atom. The van der Waals surface area contributed by atoms with Gasteiger partial charge in [-0.2, -0.15) is 0 Å². The first-order chi connectivity index (χ1) is 14.9. The van der Waals surface area contributed by atoms with Crippen molar-refractivity contribution in [1.82, 2.24) is 0 Å². The fourth-order valence-electron chi connectivity index (χ4n) is 3.06. The molecule has 1 heterocycles. The lowest BCUT2D eigenvalue weighted by Gasteiger charge is -2.15. The highest BCUT2D eigenvalue weighted by Gasteiger charge is 2.34. The molecule has 0 aromatic heterocycles. The van der Waals surface area contributed by atoms with Crippen LogP contribution in [0, 0.1) is 5.41 Å². The molecule has 0 saturated carbocycles. The zero-order valence-corrected chi connectivity index (χ0v) is 18.4. The van der Waals surface area contributed by atoms with E-state index in [-0.39, 0.29) is 17.7 Å². The molecule has 8 nitrogen and oxygen atoms in total. The highest BCUT2D eigenvalue weighted by Crippen LogP contribution is 2.42. The third kappa shape index (κ3) is 4.36. The van der Waals surface area contributed by atoms with Crippen molar-refractivity contribution in [3.05, 3.63) is 52.4 Å². The molecule has 0 bridgehead atoms. The lowest BCUT2D eigenvalue weighted by Crippen LogP contribution is -2.28. The van der Waals surface area contributed by atoms with Crippen LogP contribution in [0.25, 0.3) is 6.08 Å². The number of esters is 1. The number of nitrogens with one attached hydrogen (secondary N) is 1. The van der Waals surface area contributed by atoms with Gasteiger partial charge in [0.1, 0.15) is 0 Å². The number of anilines is 1. The van der Waals surface area contributed by atoms with Crippen LogP contribution in [-0.4, -0.2) is 45.0 Å². The van der Waals surface area contributed by atoms with E-state index in [1.165, 1.54) is 26.2 Å². The third-order valence-corrected chi connectivity index (χ3v) is 5.37. The summed E-state index contributed by atoms with van der Waals surface area (Å²) in [7, 11) is 4.53. The number of thioether (sulfide) groups is 1. The van der Waals surface area contributed by atoms with E-state index in [0.717, 1.165) is 11.8 Å². The molecule has 2 aromatic rings. The largest absolute Gasteiger partial charge is 0.493 e. The quantitative estimate of drug-likeness (QED) is 0.512. The SMILES string of the molecule is CCOC(=O)c1ccc(N2C(=N)S/C(=C\c3ccc(OC)c(OC)c3OC)C2=O)cc1. The molecule has 1 saturated heterocycles. The summed E-state index contributed by atoms with van der Waals surface area (Å²) in [6.45, 7) is 2.01. The maximum absolute atomic E-state index is 13.0. The number of methoxy groups -OCH3 is 3. The first-order valence-electron chi connectivity index (χ1n) is 9.33. The number of ether oxygens (including phenoxy) is 4. The third-order valence-electron chi connectivity index (χ3n) is 4.48. The van der Waals surface area contributed by atoms with Crippen molar-refractivity contribution in [2.45, 2.75) is 6.92 Å². The summed E-state index contributed by atoms with van der Waals surface area (Å²) in [5.41, 5.74) is 1.48. The smallest absolute Gasteiger partial charge is 0.338 e. The second-order valence-electron chi connectivity index (χ2n) is 6.25. The topological polar surface area (TPSA) is 98.2 Å². The molecule has 3 rings (SSSR count). The highest BCUT2D eigenvalue weighted by atomic mass is 32.2. The molecule has 0 spiro atoms. The van der Waals surface area contributed by atoms with Gasteiger partial charge in [0.2, 0.25) is 5.75 Å². The Morgan fingerprint density at radius 1 is 1.03 bits per heavy atom. The monoisotopic (exact) mass is 442 g/mol. The van der Waals surface area contributed by atoms with Gasteiger partial charge in [-0.05, 0) is 61.2 Å². The van der Waals surface area contributed by atoms with Gasteiger partial charge in [0.25, 0.3) is 5.91 Å². The minimum atomic E-state index is -0.438. The molecule has 0 atom stereocenters. The summed E-state index contributed by atoms with van der Waals surface area (Å²) in [4.78, 5) is 26.5. The van der Waals surface area contributed by atoms with Gasteiger partial charge in [-0.15, -0.1) is 0 Å². The van der Waals surface area contributed by atoms with Gasteiger partial charge in [-0.1, -0.05) is 0 Å². The average Bonchev–Trinajstić information content (AvgIpc) is 3.06. The second-order valence-corrected chi connectivity index (χ2v) is 7.28. The number of amides is 1. The molecule has 162 valence electrons. The summed E-state index contributed by atoms with van der Waals surface area (Å²) >= 11 is 1.03. The van der Waals surface area contributed by atoms with Gasteiger partial charge >= 0.3 is 5.97 Å². The van der Waals surface area contributed by atoms with E-state index in [0.29, 0.717) is 39.0 Å². The lowest BCUT2D eigenvalue weighted by molar-refractivity contribution is -0.113. The van der Waals surface area contributed by atoms with Crippen molar-refractivity contribution in [1.29, 1.82) is 5.41 Å².